The molecule has 0 bridgehead atoms. The fraction of sp³-hybridized carbons (Fsp3) is 0.0149. The van der Waals surface area contributed by atoms with Crippen LogP contribution in [0.4, 0.5) is 17.1 Å². The third-order valence-corrected chi connectivity index (χ3v) is 14.7. The summed E-state index contributed by atoms with van der Waals surface area (Å²) >= 11 is 0. The Morgan fingerprint density at radius 2 is 0.829 bits per heavy atom. The van der Waals surface area contributed by atoms with Crippen LogP contribution in [0.15, 0.2) is 271 Å². The van der Waals surface area contributed by atoms with E-state index >= 15 is 0 Å². The molecule has 0 radical (unpaired) electrons. The summed E-state index contributed by atoms with van der Waals surface area (Å²) in [5.41, 5.74) is 20.2. The van der Waals surface area contributed by atoms with Gasteiger partial charge in [0.25, 0.3) is 0 Å². The van der Waals surface area contributed by atoms with Crippen LogP contribution in [0.2, 0.25) is 0 Å². The number of hydrogen-bond donors (Lipinski definition) is 0. The van der Waals surface area contributed by atoms with Gasteiger partial charge < -0.3 is 13.9 Å². The molecule has 13 aromatic rings. The van der Waals surface area contributed by atoms with Crippen LogP contribution in [0.1, 0.15) is 22.3 Å². The molecule has 0 fully saturated rings. The number of fused-ring (bicyclic) bond motifs is 9. The van der Waals surface area contributed by atoms with Crippen LogP contribution in [0, 0.1) is 0 Å². The lowest BCUT2D eigenvalue weighted by atomic mass is 9.68. The number of anilines is 3. The van der Waals surface area contributed by atoms with Crippen molar-refractivity contribution in [1.29, 1.82) is 0 Å². The number of rotatable bonds is 8. The average molecular weight is 893 g/mol. The number of nitrogens with zero attached hydrogens (tertiary/aromatic N) is 2. The van der Waals surface area contributed by atoms with Crippen LogP contribution in [0.3, 0.4) is 0 Å². The van der Waals surface area contributed by atoms with Crippen LogP contribution in [-0.2, 0) is 5.41 Å². The highest BCUT2D eigenvalue weighted by molar-refractivity contribution is 6.09. The van der Waals surface area contributed by atoms with E-state index in [-0.39, 0.29) is 0 Å². The van der Waals surface area contributed by atoms with Crippen LogP contribution >= 0.6 is 0 Å². The first kappa shape index (κ1) is 39.9. The molecule has 0 saturated carbocycles. The van der Waals surface area contributed by atoms with Crippen LogP contribution in [-0.4, -0.2) is 4.57 Å². The SMILES string of the molecule is c1ccc(C2(c3ccccc3)c3ccccc3-c3c(N(c4ccc(-c5ccc(-n6c7ccccc7c7ccccc76)cc5)cc4)c4ccc(-c5ccc6c(c5)oc5ccccc56)cc4)cccc32)cc1. The van der Waals surface area contributed by atoms with Crippen LogP contribution in [0.25, 0.3) is 82.8 Å². The molecule has 0 spiro atoms. The van der Waals surface area contributed by atoms with Gasteiger partial charge in [0.2, 0.25) is 0 Å². The Hall–Kier alpha value is -9.18. The van der Waals surface area contributed by atoms with E-state index in [1.807, 2.05) is 12.1 Å². The summed E-state index contributed by atoms with van der Waals surface area (Å²) in [6, 6.07) is 97.3. The molecule has 14 rings (SSSR count). The van der Waals surface area contributed by atoms with E-state index < -0.39 is 5.41 Å². The third kappa shape index (κ3) is 6.08. The monoisotopic (exact) mass is 892 g/mol. The van der Waals surface area contributed by atoms with Gasteiger partial charge in [0.05, 0.1) is 22.1 Å². The van der Waals surface area contributed by atoms with Gasteiger partial charge in [-0.3, -0.25) is 0 Å². The summed E-state index contributed by atoms with van der Waals surface area (Å²) in [7, 11) is 0. The molecule has 2 heterocycles. The first-order valence-electron chi connectivity index (χ1n) is 24.1. The third-order valence-electron chi connectivity index (χ3n) is 14.7. The molecular weight excluding hydrogens is 849 g/mol. The van der Waals surface area contributed by atoms with Gasteiger partial charge in [0.1, 0.15) is 11.2 Å². The molecule has 0 unspecified atom stereocenters. The Bertz CT molecular complexity index is 4000. The maximum absolute atomic E-state index is 6.33. The van der Waals surface area contributed by atoms with Gasteiger partial charge in [-0.2, -0.15) is 0 Å². The van der Waals surface area contributed by atoms with E-state index in [1.54, 1.807) is 0 Å². The standard InChI is InChI=1S/C67H44N2O/c1-3-16-49(17-4-1)67(50-18-5-2-6-19-50)59-24-11-7-23-58(59)66-60(67)25-15-28-63(66)68(52-39-34-47(35-40-52)48-36-43-57-56-22-10-14-29-64(56)70-65(57)44-48)51-37-30-45(31-38-51)46-32-41-53(42-33-46)69-61-26-12-8-20-54(61)55-21-9-13-27-62(55)69/h1-44H. The fourth-order valence-corrected chi connectivity index (χ4v) is 11.6. The lowest BCUT2D eigenvalue weighted by Gasteiger charge is -2.34. The Morgan fingerprint density at radius 1 is 0.343 bits per heavy atom. The molecule has 2 aromatic heterocycles. The second-order valence-corrected chi connectivity index (χ2v) is 18.4. The number of para-hydroxylation sites is 3. The van der Waals surface area contributed by atoms with Gasteiger partial charge in [-0.25, -0.2) is 0 Å². The minimum Gasteiger partial charge on any atom is -0.456 e. The Labute approximate surface area is 406 Å². The second kappa shape index (κ2) is 16.0. The molecule has 0 aliphatic heterocycles. The quantitative estimate of drug-likeness (QED) is 0.152. The zero-order valence-corrected chi connectivity index (χ0v) is 38.2. The molecule has 0 atom stereocenters. The van der Waals surface area contributed by atoms with E-state index in [0.717, 1.165) is 61.4 Å². The van der Waals surface area contributed by atoms with Gasteiger partial charge >= 0.3 is 0 Å². The van der Waals surface area contributed by atoms with Crippen molar-refractivity contribution in [3.8, 4) is 39.1 Å². The van der Waals surface area contributed by atoms with Crippen molar-refractivity contribution in [2.24, 2.45) is 0 Å². The summed E-state index contributed by atoms with van der Waals surface area (Å²) < 4.78 is 8.70. The van der Waals surface area contributed by atoms with Gasteiger partial charge in [-0.05, 0) is 123 Å². The van der Waals surface area contributed by atoms with Crippen molar-refractivity contribution in [1.82, 2.24) is 4.57 Å². The maximum atomic E-state index is 6.33. The second-order valence-electron chi connectivity index (χ2n) is 18.4. The van der Waals surface area contributed by atoms with Crippen molar-refractivity contribution in [2.45, 2.75) is 5.41 Å². The van der Waals surface area contributed by atoms with Gasteiger partial charge in [0.15, 0.2) is 0 Å². The molecule has 70 heavy (non-hydrogen) atoms. The molecule has 0 saturated heterocycles. The first-order valence-corrected chi connectivity index (χ1v) is 24.1. The smallest absolute Gasteiger partial charge is 0.136 e. The highest BCUT2D eigenvalue weighted by Gasteiger charge is 2.47. The largest absolute Gasteiger partial charge is 0.456 e. The van der Waals surface area contributed by atoms with Crippen molar-refractivity contribution >= 4 is 60.8 Å². The molecule has 0 N–H and O–H groups in total. The number of benzene rings is 11. The first-order chi connectivity index (χ1) is 34.7. The summed E-state index contributed by atoms with van der Waals surface area (Å²) in [6.07, 6.45) is 0. The average Bonchev–Trinajstić information content (AvgIpc) is 4.09. The predicted octanol–water partition coefficient (Wildman–Crippen LogP) is 17.8. The molecule has 0 amide bonds. The molecule has 328 valence electrons. The van der Waals surface area contributed by atoms with Gasteiger partial charge in [-0.1, -0.05) is 194 Å². The normalized spacial score (nSPS) is 12.7. The predicted molar refractivity (Wildman–Crippen MR) is 291 cm³/mol. The molecular formula is C67H44N2O. The minimum absolute atomic E-state index is 0.523. The van der Waals surface area contributed by atoms with Crippen molar-refractivity contribution < 1.29 is 4.42 Å². The van der Waals surface area contributed by atoms with Gasteiger partial charge in [-0.15, -0.1) is 0 Å². The molecule has 1 aliphatic rings. The van der Waals surface area contributed by atoms with E-state index in [2.05, 4.69) is 264 Å². The van der Waals surface area contributed by atoms with E-state index in [1.165, 1.54) is 60.8 Å². The zero-order valence-electron chi connectivity index (χ0n) is 38.2. The zero-order chi connectivity index (χ0) is 46.2. The number of hydrogen-bond acceptors (Lipinski definition) is 2. The lowest BCUT2D eigenvalue weighted by Crippen LogP contribution is -2.28. The van der Waals surface area contributed by atoms with E-state index in [0.29, 0.717) is 0 Å². The Kier molecular flexibility index (Phi) is 9.11. The van der Waals surface area contributed by atoms with Crippen molar-refractivity contribution in [3.05, 3.63) is 289 Å². The maximum Gasteiger partial charge on any atom is 0.136 e. The molecule has 3 nitrogen and oxygen atoms in total. The highest BCUT2D eigenvalue weighted by atomic mass is 16.3. The summed E-state index contributed by atoms with van der Waals surface area (Å²) in [4.78, 5) is 2.45. The lowest BCUT2D eigenvalue weighted by molar-refractivity contribution is 0.669. The molecule has 1 aliphatic carbocycles. The minimum atomic E-state index is -0.523. The van der Waals surface area contributed by atoms with Gasteiger partial charge in [0, 0.05) is 44.2 Å². The van der Waals surface area contributed by atoms with E-state index in [9.17, 15) is 0 Å². The fourth-order valence-electron chi connectivity index (χ4n) is 11.6. The summed E-state index contributed by atoms with van der Waals surface area (Å²) in [6.45, 7) is 0. The Balaban J connectivity index is 0.909. The number of aromatic nitrogens is 1. The molecule has 11 aromatic carbocycles. The topological polar surface area (TPSA) is 21.3 Å². The van der Waals surface area contributed by atoms with E-state index in [4.69, 9.17) is 4.42 Å². The summed E-state index contributed by atoms with van der Waals surface area (Å²) in [5.74, 6) is 0. The van der Waals surface area contributed by atoms with Crippen molar-refractivity contribution in [2.75, 3.05) is 4.90 Å². The van der Waals surface area contributed by atoms with Crippen molar-refractivity contribution in [3.63, 3.8) is 0 Å². The highest BCUT2D eigenvalue weighted by Crippen LogP contribution is 2.59. The van der Waals surface area contributed by atoms with Crippen LogP contribution < -0.4 is 4.90 Å². The number of furan rings is 1. The summed E-state index contributed by atoms with van der Waals surface area (Å²) in [5, 5.41) is 4.79. The van der Waals surface area contributed by atoms with Crippen LogP contribution in [0.5, 0.6) is 0 Å². The Morgan fingerprint density at radius 3 is 1.47 bits per heavy atom. The molecule has 3 heteroatoms.